The van der Waals surface area contributed by atoms with E-state index in [1.165, 1.54) is 0 Å². The Morgan fingerprint density at radius 2 is 2.15 bits per heavy atom. The number of nitrogens with zero attached hydrogens (tertiary/aromatic N) is 3. The highest BCUT2D eigenvalue weighted by Crippen LogP contribution is 2.24. The predicted molar refractivity (Wildman–Crippen MR) is 79.9 cm³/mol. The fraction of sp³-hybridized carbons (Fsp3) is 0.214. The molecule has 6 heteroatoms. The average molecular weight is 288 g/mol. The van der Waals surface area contributed by atoms with E-state index in [9.17, 15) is 0 Å². The van der Waals surface area contributed by atoms with E-state index in [0.717, 1.165) is 12.8 Å². The van der Waals surface area contributed by atoms with Gasteiger partial charge in [-0.2, -0.15) is 5.26 Å². The largest absolute Gasteiger partial charge is 0.384 e. The molecule has 0 saturated carbocycles. The zero-order valence-electron chi connectivity index (χ0n) is 11.0. The van der Waals surface area contributed by atoms with Crippen molar-refractivity contribution >= 4 is 28.9 Å². The third-order valence-electron chi connectivity index (χ3n) is 2.63. The molecule has 0 spiro atoms. The SMILES string of the molecule is CCCc1nc(N)cc(Nc2cc(Cl)ccc2C#N)n1. The summed E-state index contributed by atoms with van der Waals surface area (Å²) in [6.07, 6.45) is 1.68. The van der Waals surface area contributed by atoms with Crippen molar-refractivity contribution in [1.29, 1.82) is 5.26 Å². The Morgan fingerprint density at radius 3 is 2.85 bits per heavy atom. The summed E-state index contributed by atoms with van der Waals surface area (Å²) in [5.41, 5.74) is 6.85. The molecule has 3 N–H and O–H groups in total. The molecule has 1 heterocycles. The molecule has 0 unspecified atom stereocenters. The highest BCUT2D eigenvalue weighted by atomic mass is 35.5. The second kappa shape index (κ2) is 6.22. The minimum Gasteiger partial charge on any atom is -0.384 e. The van der Waals surface area contributed by atoms with Crippen molar-refractivity contribution in [2.45, 2.75) is 19.8 Å². The van der Waals surface area contributed by atoms with Crippen molar-refractivity contribution in [2.75, 3.05) is 11.1 Å². The van der Waals surface area contributed by atoms with Gasteiger partial charge < -0.3 is 11.1 Å². The van der Waals surface area contributed by atoms with Crippen molar-refractivity contribution in [2.24, 2.45) is 0 Å². The maximum atomic E-state index is 9.09. The molecule has 0 fully saturated rings. The number of nitriles is 1. The minimum absolute atomic E-state index is 0.395. The Kier molecular flexibility index (Phi) is 4.38. The normalized spacial score (nSPS) is 10.1. The predicted octanol–water partition coefficient (Wildman–Crippen LogP) is 3.28. The van der Waals surface area contributed by atoms with Crippen LogP contribution in [0.25, 0.3) is 0 Å². The molecule has 2 aromatic rings. The van der Waals surface area contributed by atoms with Gasteiger partial charge in [0, 0.05) is 17.5 Å². The number of halogens is 1. The number of nitrogens with two attached hydrogens (primary N) is 1. The van der Waals surface area contributed by atoms with Crippen molar-refractivity contribution in [3.8, 4) is 6.07 Å². The topological polar surface area (TPSA) is 87.6 Å². The number of aryl methyl sites for hydroxylation is 1. The molecule has 0 saturated heterocycles. The lowest BCUT2D eigenvalue weighted by Gasteiger charge is -2.09. The van der Waals surface area contributed by atoms with Gasteiger partial charge in [-0.25, -0.2) is 9.97 Å². The molecule has 0 aliphatic rings. The highest BCUT2D eigenvalue weighted by Gasteiger charge is 2.07. The number of nitrogen functional groups attached to an aromatic ring is 1. The van der Waals surface area contributed by atoms with E-state index >= 15 is 0 Å². The van der Waals surface area contributed by atoms with Gasteiger partial charge in [-0.15, -0.1) is 0 Å². The van der Waals surface area contributed by atoms with Gasteiger partial charge in [-0.1, -0.05) is 18.5 Å². The quantitative estimate of drug-likeness (QED) is 0.901. The van der Waals surface area contributed by atoms with Crippen molar-refractivity contribution < 1.29 is 0 Å². The van der Waals surface area contributed by atoms with E-state index in [4.69, 9.17) is 22.6 Å². The Hall–Kier alpha value is -2.32. The molecule has 0 aliphatic heterocycles. The third kappa shape index (κ3) is 3.37. The molecular weight excluding hydrogens is 274 g/mol. The van der Waals surface area contributed by atoms with Gasteiger partial charge in [0.1, 0.15) is 23.5 Å². The minimum atomic E-state index is 0.395. The first-order valence-corrected chi connectivity index (χ1v) is 6.60. The summed E-state index contributed by atoms with van der Waals surface area (Å²) in [5.74, 6) is 1.63. The Bertz CT molecular complexity index is 663. The lowest BCUT2D eigenvalue weighted by atomic mass is 10.2. The van der Waals surface area contributed by atoms with Crippen LogP contribution in [0.4, 0.5) is 17.3 Å². The summed E-state index contributed by atoms with van der Waals surface area (Å²) < 4.78 is 0. The van der Waals surface area contributed by atoms with E-state index < -0.39 is 0 Å². The molecular formula is C14H14ClN5. The lowest BCUT2D eigenvalue weighted by Crippen LogP contribution is -2.04. The summed E-state index contributed by atoms with van der Waals surface area (Å²) in [5, 5.41) is 12.7. The van der Waals surface area contributed by atoms with Gasteiger partial charge in [0.25, 0.3) is 0 Å². The van der Waals surface area contributed by atoms with Crippen LogP contribution in [0.5, 0.6) is 0 Å². The van der Waals surface area contributed by atoms with Crippen molar-refractivity contribution in [1.82, 2.24) is 9.97 Å². The summed E-state index contributed by atoms with van der Waals surface area (Å²) in [7, 11) is 0. The van der Waals surface area contributed by atoms with Crippen LogP contribution in [0.15, 0.2) is 24.3 Å². The van der Waals surface area contributed by atoms with Gasteiger partial charge in [0.05, 0.1) is 11.3 Å². The molecule has 0 amide bonds. The number of aromatic nitrogens is 2. The van der Waals surface area contributed by atoms with Gasteiger partial charge in [0.2, 0.25) is 0 Å². The van der Waals surface area contributed by atoms with E-state index in [-0.39, 0.29) is 0 Å². The monoisotopic (exact) mass is 287 g/mol. The van der Waals surface area contributed by atoms with Gasteiger partial charge >= 0.3 is 0 Å². The Morgan fingerprint density at radius 1 is 1.35 bits per heavy atom. The zero-order valence-corrected chi connectivity index (χ0v) is 11.8. The molecule has 5 nitrogen and oxygen atoms in total. The van der Waals surface area contributed by atoms with E-state index in [1.54, 1.807) is 24.3 Å². The second-order valence-corrected chi connectivity index (χ2v) is 4.71. The summed E-state index contributed by atoms with van der Waals surface area (Å²) in [4.78, 5) is 8.53. The summed E-state index contributed by atoms with van der Waals surface area (Å²) >= 11 is 5.95. The van der Waals surface area contributed by atoms with E-state index in [2.05, 4.69) is 21.4 Å². The van der Waals surface area contributed by atoms with Crippen LogP contribution in [0.1, 0.15) is 24.7 Å². The van der Waals surface area contributed by atoms with Crippen LogP contribution < -0.4 is 11.1 Å². The number of benzene rings is 1. The molecule has 0 bridgehead atoms. The first kappa shape index (κ1) is 14.1. The van der Waals surface area contributed by atoms with Crippen molar-refractivity contribution in [3.63, 3.8) is 0 Å². The molecule has 1 aromatic heterocycles. The number of hydrogen-bond acceptors (Lipinski definition) is 5. The Balaban J connectivity index is 2.35. The molecule has 102 valence electrons. The molecule has 1 aromatic carbocycles. The summed E-state index contributed by atoms with van der Waals surface area (Å²) in [6.45, 7) is 2.05. The highest BCUT2D eigenvalue weighted by molar-refractivity contribution is 6.30. The third-order valence-corrected chi connectivity index (χ3v) is 2.87. The van der Waals surface area contributed by atoms with Gasteiger partial charge in [-0.3, -0.25) is 0 Å². The van der Waals surface area contributed by atoms with Crippen LogP contribution in [0.3, 0.4) is 0 Å². The van der Waals surface area contributed by atoms with Crippen LogP contribution in [0.2, 0.25) is 5.02 Å². The van der Waals surface area contributed by atoms with Gasteiger partial charge in [0.15, 0.2) is 0 Å². The average Bonchev–Trinajstić information content (AvgIpc) is 2.38. The fourth-order valence-electron chi connectivity index (χ4n) is 1.77. The van der Waals surface area contributed by atoms with Crippen LogP contribution in [-0.2, 0) is 6.42 Å². The zero-order chi connectivity index (χ0) is 14.5. The number of nitrogens with one attached hydrogen (secondary N) is 1. The standard InChI is InChI=1S/C14H14ClN5/c1-2-3-13-19-12(17)7-14(20-13)18-11-6-10(15)5-4-9(11)8-16/h4-7H,2-3H2,1H3,(H3,17,18,19,20). The van der Waals surface area contributed by atoms with E-state index in [0.29, 0.717) is 33.7 Å². The van der Waals surface area contributed by atoms with E-state index in [1.807, 2.05) is 6.92 Å². The summed E-state index contributed by atoms with van der Waals surface area (Å²) in [6, 6.07) is 8.73. The Labute approximate surface area is 122 Å². The molecule has 0 aliphatic carbocycles. The molecule has 2 rings (SSSR count). The number of hydrogen-bond donors (Lipinski definition) is 2. The molecule has 20 heavy (non-hydrogen) atoms. The smallest absolute Gasteiger partial charge is 0.136 e. The van der Waals surface area contributed by atoms with Crippen LogP contribution in [-0.4, -0.2) is 9.97 Å². The van der Waals surface area contributed by atoms with Crippen LogP contribution in [0, 0.1) is 11.3 Å². The maximum Gasteiger partial charge on any atom is 0.136 e. The second-order valence-electron chi connectivity index (χ2n) is 4.27. The molecule has 0 radical (unpaired) electrons. The number of anilines is 3. The maximum absolute atomic E-state index is 9.09. The van der Waals surface area contributed by atoms with Gasteiger partial charge in [-0.05, 0) is 24.6 Å². The van der Waals surface area contributed by atoms with Crippen LogP contribution >= 0.6 is 11.6 Å². The van der Waals surface area contributed by atoms with Crippen molar-refractivity contribution in [3.05, 3.63) is 40.7 Å². The fourth-order valence-corrected chi connectivity index (χ4v) is 1.94. The first-order chi connectivity index (χ1) is 9.62. The molecule has 0 atom stereocenters. The lowest BCUT2D eigenvalue weighted by molar-refractivity contribution is 0.839. The first-order valence-electron chi connectivity index (χ1n) is 6.22. The number of rotatable bonds is 4.